The SMILES string of the molecule is CCNCCc1ccccc1CN1CCC(OCC)CC1. The maximum Gasteiger partial charge on any atom is 0.0599 e. The Kier molecular flexibility index (Phi) is 7.20. The number of hydrogen-bond donors (Lipinski definition) is 1. The van der Waals surface area contributed by atoms with Gasteiger partial charge in [0.1, 0.15) is 0 Å². The first-order valence-corrected chi connectivity index (χ1v) is 8.45. The number of likely N-dealkylation sites (N-methyl/N-ethyl adjacent to an activating group) is 1. The van der Waals surface area contributed by atoms with Crippen molar-refractivity contribution < 1.29 is 4.74 Å². The molecule has 0 aliphatic carbocycles. The fourth-order valence-corrected chi connectivity index (χ4v) is 3.07. The van der Waals surface area contributed by atoms with Crippen molar-refractivity contribution in [1.82, 2.24) is 10.2 Å². The molecule has 0 atom stereocenters. The zero-order valence-corrected chi connectivity index (χ0v) is 13.6. The Morgan fingerprint density at radius 3 is 2.52 bits per heavy atom. The van der Waals surface area contributed by atoms with Gasteiger partial charge >= 0.3 is 0 Å². The molecule has 1 aliphatic rings. The van der Waals surface area contributed by atoms with E-state index >= 15 is 0 Å². The number of likely N-dealkylation sites (tertiary alicyclic amines) is 1. The van der Waals surface area contributed by atoms with E-state index in [1.807, 2.05) is 0 Å². The molecule has 1 fully saturated rings. The lowest BCUT2D eigenvalue weighted by atomic mass is 10.0. The topological polar surface area (TPSA) is 24.5 Å². The Balaban J connectivity index is 1.85. The van der Waals surface area contributed by atoms with Crippen LogP contribution < -0.4 is 5.32 Å². The molecule has 0 radical (unpaired) electrons. The summed E-state index contributed by atoms with van der Waals surface area (Å²) < 4.78 is 5.74. The Morgan fingerprint density at radius 2 is 1.86 bits per heavy atom. The third kappa shape index (κ3) is 5.42. The van der Waals surface area contributed by atoms with Gasteiger partial charge in [0.05, 0.1) is 6.10 Å². The predicted molar refractivity (Wildman–Crippen MR) is 88.6 cm³/mol. The molecule has 3 nitrogen and oxygen atoms in total. The van der Waals surface area contributed by atoms with Crippen LogP contribution in [0.5, 0.6) is 0 Å². The van der Waals surface area contributed by atoms with Crippen LogP contribution in [0.25, 0.3) is 0 Å². The maximum absolute atomic E-state index is 5.74. The first-order chi connectivity index (χ1) is 10.3. The van der Waals surface area contributed by atoms with Crippen molar-refractivity contribution >= 4 is 0 Å². The van der Waals surface area contributed by atoms with Gasteiger partial charge in [-0.15, -0.1) is 0 Å². The molecule has 2 rings (SSSR count). The van der Waals surface area contributed by atoms with Gasteiger partial charge in [0.15, 0.2) is 0 Å². The number of hydrogen-bond acceptors (Lipinski definition) is 3. The van der Waals surface area contributed by atoms with Gasteiger partial charge in [0.2, 0.25) is 0 Å². The van der Waals surface area contributed by atoms with E-state index in [1.54, 1.807) is 0 Å². The third-order valence-electron chi connectivity index (χ3n) is 4.27. The molecule has 1 aromatic carbocycles. The van der Waals surface area contributed by atoms with Crippen LogP contribution >= 0.6 is 0 Å². The van der Waals surface area contributed by atoms with Crippen LogP contribution in [0, 0.1) is 0 Å². The molecule has 0 unspecified atom stereocenters. The summed E-state index contributed by atoms with van der Waals surface area (Å²) >= 11 is 0. The molecule has 3 heteroatoms. The Morgan fingerprint density at radius 1 is 1.14 bits per heavy atom. The third-order valence-corrected chi connectivity index (χ3v) is 4.27. The fraction of sp³-hybridized carbons (Fsp3) is 0.667. The number of piperidine rings is 1. The standard InChI is InChI=1S/C18H30N2O/c1-3-19-12-9-16-7-5-6-8-17(16)15-20-13-10-18(11-14-20)21-4-2/h5-8,18-19H,3-4,9-15H2,1-2H3. The van der Waals surface area contributed by atoms with Gasteiger partial charge in [-0.05, 0) is 50.4 Å². The van der Waals surface area contributed by atoms with Gasteiger partial charge in [0.25, 0.3) is 0 Å². The summed E-state index contributed by atoms with van der Waals surface area (Å²) in [5, 5.41) is 3.42. The molecule has 21 heavy (non-hydrogen) atoms. The largest absolute Gasteiger partial charge is 0.378 e. The molecule has 1 saturated heterocycles. The fourth-order valence-electron chi connectivity index (χ4n) is 3.07. The summed E-state index contributed by atoms with van der Waals surface area (Å²) in [6.45, 7) is 10.6. The van der Waals surface area contributed by atoms with Crippen LogP contribution in [0.2, 0.25) is 0 Å². The first-order valence-electron chi connectivity index (χ1n) is 8.45. The highest BCUT2D eigenvalue weighted by Gasteiger charge is 2.19. The van der Waals surface area contributed by atoms with Crippen molar-refractivity contribution in [2.24, 2.45) is 0 Å². The van der Waals surface area contributed by atoms with E-state index in [-0.39, 0.29) is 0 Å². The van der Waals surface area contributed by atoms with Gasteiger partial charge in [0, 0.05) is 26.2 Å². The van der Waals surface area contributed by atoms with Crippen molar-refractivity contribution in [3.63, 3.8) is 0 Å². The number of nitrogens with zero attached hydrogens (tertiary/aromatic N) is 1. The second-order valence-electron chi connectivity index (χ2n) is 5.80. The summed E-state index contributed by atoms with van der Waals surface area (Å²) in [6, 6.07) is 8.89. The van der Waals surface area contributed by atoms with Crippen LogP contribution in [0.3, 0.4) is 0 Å². The minimum absolute atomic E-state index is 0.482. The first kappa shape index (κ1) is 16.5. The van der Waals surface area contributed by atoms with E-state index in [2.05, 4.69) is 48.3 Å². The smallest absolute Gasteiger partial charge is 0.0599 e. The zero-order valence-electron chi connectivity index (χ0n) is 13.6. The molecular weight excluding hydrogens is 260 g/mol. The van der Waals surface area contributed by atoms with Crippen LogP contribution in [-0.2, 0) is 17.7 Å². The lowest BCUT2D eigenvalue weighted by molar-refractivity contribution is 0.0125. The molecule has 1 aliphatic heterocycles. The molecule has 0 amide bonds. The number of rotatable bonds is 8. The van der Waals surface area contributed by atoms with Gasteiger partial charge < -0.3 is 10.1 Å². The van der Waals surface area contributed by atoms with Crippen molar-refractivity contribution in [2.45, 2.75) is 45.8 Å². The number of benzene rings is 1. The molecule has 1 heterocycles. The minimum Gasteiger partial charge on any atom is -0.378 e. The quantitative estimate of drug-likeness (QED) is 0.745. The maximum atomic E-state index is 5.74. The van der Waals surface area contributed by atoms with E-state index in [4.69, 9.17) is 4.74 Å². The molecule has 0 spiro atoms. The molecule has 1 aromatic rings. The summed E-state index contributed by atoms with van der Waals surface area (Å²) in [7, 11) is 0. The lowest BCUT2D eigenvalue weighted by Crippen LogP contribution is -2.36. The van der Waals surface area contributed by atoms with E-state index in [0.717, 1.165) is 45.8 Å². The van der Waals surface area contributed by atoms with Gasteiger partial charge in [-0.1, -0.05) is 31.2 Å². The highest BCUT2D eigenvalue weighted by molar-refractivity contribution is 5.27. The van der Waals surface area contributed by atoms with Crippen LogP contribution in [-0.4, -0.2) is 43.8 Å². The second-order valence-corrected chi connectivity index (χ2v) is 5.80. The van der Waals surface area contributed by atoms with E-state index in [1.165, 1.54) is 24.0 Å². The average molecular weight is 290 g/mol. The number of nitrogens with one attached hydrogen (secondary N) is 1. The highest BCUT2D eigenvalue weighted by atomic mass is 16.5. The average Bonchev–Trinajstić information content (AvgIpc) is 2.51. The van der Waals surface area contributed by atoms with Crippen LogP contribution in [0.4, 0.5) is 0 Å². The van der Waals surface area contributed by atoms with Gasteiger partial charge in [-0.25, -0.2) is 0 Å². The molecule has 1 N–H and O–H groups in total. The van der Waals surface area contributed by atoms with Gasteiger partial charge in [-0.3, -0.25) is 4.90 Å². The predicted octanol–water partition coefficient (Wildman–Crippen LogP) is 2.84. The summed E-state index contributed by atoms with van der Waals surface area (Å²) in [5.41, 5.74) is 2.98. The van der Waals surface area contributed by atoms with Crippen molar-refractivity contribution in [1.29, 1.82) is 0 Å². The monoisotopic (exact) mass is 290 g/mol. The molecule has 0 aromatic heterocycles. The van der Waals surface area contributed by atoms with E-state index in [9.17, 15) is 0 Å². The Labute approximate surface area is 129 Å². The van der Waals surface area contributed by atoms with Crippen molar-refractivity contribution in [2.75, 3.05) is 32.8 Å². The summed E-state index contributed by atoms with van der Waals surface area (Å²) in [4.78, 5) is 2.57. The number of ether oxygens (including phenoxy) is 1. The Hall–Kier alpha value is -0.900. The van der Waals surface area contributed by atoms with Crippen LogP contribution in [0.15, 0.2) is 24.3 Å². The summed E-state index contributed by atoms with van der Waals surface area (Å²) in [5.74, 6) is 0. The molecule has 118 valence electrons. The normalized spacial score (nSPS) is 17.2. The summed E-state index contributed by atoms with van der Waals surface area (Å²) in [6.07, 6.45) is 3.95. The Bertz CT molecular complexity index is 400. The lowest BCUT2D eigenvalue weighted by Gasteiger charge is -2.32. The van der Waals surface area contributed by atoms with Gasteiger partial charge in [-0.2, -0.15) is 0 Å². The van der Waals surface area contributed by atoms with Crippen molar-refractivity contribution in [3.05, 3.63) is 35.4 Å². The minimum atomic E-state index is 0.482. The molecule has 0 saturated carbocycles. The van der Waals surface area contributed by atoms with Crippen molar-refractivity contribution in [3.8, 4) is 0 Å². The van der Waals surface area contributed by atoms with E-state index < -0.39 is 0 Å². The van der Waals surface area contributed by atoms with E-state index in [0.29, 0.717) is 6.10 Å². The van der Waals surface area contributed by atoms with Crippen LogP contribution in [0.1, 0.15) is 37.8 Å². The molecule has 0 bridgehead atoms. The zero-order chi connectivity index (χ0) is 14.9. The molecular formula is C18H30N2O. The highest BCUT2D eigenvalue weighted by Crippen LogP contribution is 2.18. The second kappa shape index (κ2) is 9.19.